The summed E-state index contributed by atoms with van der Waals surface area (Å²) in [7, 11) is 2.99. The maximum absolute atomic E-state index is 13.0. The first-order valence-corrected chi connectivity index (χ1v) is 9.66. The Morgan fingerprint density at radius 1 is 1.17 bits per heavy atom. The molecule has 0 fully saturated rings. The summed E-state index contributed by atoms with van der Waals surface area (Å²) in [6.07, 6.45) is -1.44. The third-order valence-corrected chi connectivity index (χ3v) is 5.04. The third-order valence-electron chi connectivity index (χ3n) is 4.07. The van der Waals surface area contributed by atoms with Gasteiger partial charge in [-0.1, -0.05) is 17.8 Å². The highest BCUT2D eigenvalue weighted by atomic mass is 32.2. The lowest BCUT2D eigenvalue weighted by molar-refractivity contribution is -0.137. The van der Waals surface area contributed by atoms with Crippen molar-refractivity contribution in [1.82, 2.24) is 9.55 Å². The van der Waals surface area contributed by atoms with Crippen molar-refractivity contribution in [2.45, 2.75) is 11.3 Å². The smallest absolute Gasteiger partial charge is 0.416 e. The second kappa shape index (κ2) is 9.12. The van der Waals surface area contributed by atoms with E-state index in [1.165, 1.54) is 31.0 Å². The number of methoxy groups -OCH3 is 2. The summed E-state index contributed by atoms with van der Waals surface area (Å²) < 4.78 is 50.8. The van der Waals surface area contributed by atoms with E-state index in [4.69, 9.17) is 9.47 Å². The normalized spacial score (nSPS) is 11.2. The average Bonchev–Trinajstić information content (AvgIpc) is 3.20. The maximum atomic E-state index is 13.0. The molecule has 1 heterocycles. The Morgan fingerprint density at radius 3 is 2.67 bits per heavy atom. The summed E-state index contributed by atoms with van der Waals surface area (Å²) in [5.74, 6) is 0.694. The SMILES string of the molecule is COc1ccc(OC)c(NC(=O)CSc2nccn2-c2cccc(C(F)(F)F)c2)c1. The van der Waals surface area contributed by atoms with Gasteiger partial charge >= 0.3 is 6.18 Å². The lowest BCUT2D eigenvalue weighted by Gasteiger charge is -2.12. The average molecular weight is 437 g/mol. The van der Waals surface area contributed by atoms with Crippen LogP contribution < -0.4 is 14.8 Å². The molecule has 3 aromatic rings. The summed E-state index contributed by atoms with van der Waals surface area (Å²) in [5, 5.41) is 3.13. The number of anilines is 1. The number of halogens is 3. The molecule has 10 heteroatoms. The van der Waals surface area contributed by atoms with Gasteiger partial charge in [0.2, 0.25) is 5.91 Å². The van der Waals surface area contributed by atoms with Crippen molar-refractivity contribution in [3.63, 3.8) is 0 Å². The minimum atomic E-state index is -4.44. The van der Waals surface area contributed by atoms with Crippen LogP contribution in [0, 0.1) is 0 Å². The molecule has 0 atom stereocenters. The number of carbonyl (C=O) groups excluding carboxylic acids is 1. The predicted octanol–water partition coefficient (Wildman–Crippen LogP) is 4.64. The van der Waals surface area contributed by atoms with E-state index < -0.39 is 11.7 Å². The highest BCUT2D eigenvalue weighted by Crippen LogP contribution is 2.32. The van der Waals surface area contributed by atoms with E-state index in [-0.39, 0.29) is 11.7 Å². The Balaban J connectivity index is 1.71. The first-order valence-electron chi connectivity index (χ1n) is 8.67. The number of amides is 1. The summed E-state index contributed by atoms with van der Waals surface area (Å²) in [5.41, 5.74) is -0.00381. The Labute approximate surface area is 175 Å². The number of imidazole rings is 1. The highest BCUT2D eigenvalue weighted by Gasteiger charge is 2.30. The van der Waals surface area contributed by atoms with Gasteiger partial charge in [0, 0.05) is 24.1 Å². The largest absolute Gasteiger partial charge is 0.497 e. The number of rotatable bonds is 7. The molecule has 0 unspecified atom stereocenters. The van der Waals surface area contributed by atoms with Crippen LogP contribution in [0.1, 0.15) is 5.56 Å². The third kappa shape index (κ3) is 5.07. The van der Waals surface area contributed by atoms with E-state index in [2.05, 4.69) is 10.3 Å². The van der Waals surface area contributed by atoms with Crippen LogP contribution in [0.15, 0.2) is 60.0 Å². The Hall–Kier alpha value is -3.14. The van der Waals surface area contributed by atoms with Crippen LogP contribution in [0.2, 0.25) is 0 Å². The number of thioether (sulfide) groups is 1. The number of benzene rings is 2. The van der Waals surface area contributed by atoms with Gasteiger partial charge in [-0.3, -0.25) is 9.36 Å². The molecule has 3 rings (SSSR count). The first kappa shape index (κ1) is 21.6. The number of aromatic nitrogens is 2. The predicted molar refractivity (Wildman–Crippen MR) is 107 cm³/mol. The minimum Gasteiger partial charge on any atom is -0.497 e. The molecule has 0 saturated heterocycles. The van der Waals surface area contributed by atoms with Crippen molar-refractivity contribution in [2.24, 2.45) is 0 Å². The lowest BCUT2D eigenvalue weighted by atomic mass is 10.2. The fraction of sp³-hybridized carbons (Fsp3) is 0.200. The molecule has 0 spiro atoms. The Bertz CT molecular complexity index is 1040. The molecule has 158 valence electrons. The molecule has 1 N–H and O–H groups in total. The molecule has 0 aliphatic carbocycles. The fourth-order valence-corrected chi connectivity index (χ4v) is 3.43. The van der Waals surface area contributed by atoms with Crippen molar-refractivity contribution in [3.8, 4) is 17.2 Å². The molecule has 6 nitrogen and oxygen atoms in total. The van der Waals surface area contributed by atoms with Gasteiger partial charge in [-0.25, -0.2) is 4.98 Å². The monoisotopic (exact) mass is 437 g/mol. The van der Waals surface area contributed by atoms with Gasteiger partial charge < -0.3 is 14.8 Å². The van der Waals surface area contributed by atoms with Crippen LogP contribution >= 0.6 is 11.8 Å². The summed E-state index contributed by atoms with van der Waals surface area (Å²) in [4.78, 5) is 16.5. The summed E-state index contributed by atoms with van der Waals surface area (Å²) in [6, 6.07) is 9.91. The van der Waals surface area contributed by atoms with Gasteiger partial charge in [0.25, 0.3) is 0 Å². The van der Waals surface area contributed by atoms with Crippen molar-refractivity contribution < 1.29 is 27.4 Å². The number of hydrogen-bond donors (Lipinski definition) is 1. The van der Waals surface area contributed by atoms with Gasteiger partial charge in [0.05, 0.1) is 31.2 Å². The summed E-state index contributed by atoms with van der Waals surface area (Å²) >= 11 is 1.10. The van der Waals surface area contributed by atoms with Gasteiger partial charge in [-0.15, -0.1) is 0 Å². The number of alkyl halides is 3. The topological polar surface area (TPSA) is 65.4 Å². The summed E-state index contributed by atoms with van der Waals surface area (Å²) in [6.45, 7) is 0. The second-order valence-corrected chi connectivity index (χ2v) is 6.97. The quantitative estimate of drug-likeness (QED) is 0.546. The fourth-order valence-electron chi connectivity index (χ4n) is 2.65. The molecule has 30 heavy (non-hydrogen) atoms. The molecule has 0 aliphatic heterocycles. The van der Waals surface area contributed by atoms with E-state index in [0.717, 1.165) is 23.9 Å². The number of nitrogens with one attached hydrogen (secondary N) is 1. The number of carbonyl (C=O) groups is 1. The van der Waals surface area contributed by atoms with Crippen molar-refractivity contribution in [1.29, 1.82) is 0 Å². The van der Waals surface area contributed by atoms with E-state index >= 15 is 0 Å². The second-order valence-electron chi connectivity index (χ2n) is 6.03. The Kier molecular flexibility index (Phi) is 6.56. The molecular formula is C20H18F3N3O3S. The standard InChI is InChI=1S/C20H18F3N3O3S/c1-28-15-6-7-17(29-2)16(11-15)25-18(27)12-30-19-24-8-9-26(19)14-5-3-4-13(10-14)20(21,22)23/h3-11H,12H2,1-2H3,(H,25,27). The van der Waals surface area contributed by atoms with Gasteiger partial charge in [0.15, 0.2) is 5.16 Å². The highest BCUT2D eigenvalue weighted by molar-refractivity contribution is 7.99. The lowest BCUT2D eigenvalue weighted by Crippen LogP contribution is -2.15. The number of ether oxygens (including phenoxy) is 2. The van der Waals surface area contributed by atoms with Crippen LogP contribution in [0.25, 0.3) is 5.69 Å². The van der Waals surface area contributed by atoms with Crippen LogP contribution in [0.3, 0.4) is 0 Å². The van der Waals surface area contributed by atoms with E-state index in [9.17, 15) is 18.0 Å². The minimum absolute atomic E-state index is 0.00363. The van der Waals surface area contributed by atoms with Crippen LogP contribution in [0.4, 0.5) is 18.9 Å². The van der Waals surface area contributed by atoms with E-state index in [1.54, 1.807) is 30.5 Å². The zero-order chi connectivity index (χ0) is 21.7. The molecule has 1 amide bonds. The molecule has 0 aliphatic rings. The molecule has 0 bridgehead atoms. The molecule has 0 saturated carbocycles. The maximum Gasteiger partial charge on any atom is 0.416 e. The number of nitrogens with zero attached hydrogens (tertiary/aromatic N) is 2. The zero-order valence-corrected chi connectivity index (χ0v) is 16.9. The van der Waals surface area contributed by atoms with Crippen LogP contribution in [0.5, 0.6) is 11.5 Å². The number of hydrogen-bond acceptors (Lipinski definition) is 5. The molecule has 2 aromatic carbocycles. The zero-order valence-electron chi connectivity index (χ0n) is 16.1. The van der Waals surface area contributed by atoms with Gasteiger partial charge in [-0.2, -0.15) is 13.2 Å². The molecule has 0 radical (unpaired) electrons. The van der Waals surface area contributed by atoms with E-state index in [0.29, 0.717) is 28.0 Å². The van der Waals surface area contributed by atoms with E-state index in [1.807, 2.05) is 0 Å². The van der Waals surface area contributed by atoms with Crippen LogP contribution in [-0.4, -0.2) is 35.4 Å². The molecule has 1 aromatic heterocycles. The van der Waals surface area contributed by atoms with Crippen LogP contribution in [-0.2, 0) is 11.0 Å². The van der Waals surface area contributed by atoms with Crippen molar-refractivity contribution in [2.75, 3.05) is 25.3 Å². The van der Waals surface area contributed by atoms with Gasteiger partial charge in [0.1, 0.15) is 11.5 Å². The Morgan fingerprint density at radius 2 is 1.97 bits per heavy atom. The van der Waals surface area contributed by atoms with Gasteiger partial charge in [-0.05, 0) is 30.3 Å². The van der Waals surface area contributed by atoms with Crippen molar-refractivity contribution in [3.05, 3.63) is 60.4 Å². The molecular weight excluding hydrogens is 419 g/mol. The van der Waals surface area contributed by atoms with Crippen molar-refractivity contribution >= 4 is 23.4 Å². The first-order chi connectivity index (χ1) is 14.3.